The molecule has 250 valence electrons. The molecule has 2 unspecified atom stereocenters. The summed E-state index contributed by atoms with van der Waals surface area (Å²) >= 11 is 1.22. The fourth-order valence-electron chi connectivity index (χ4n) is 5.38. The number of nitrogens with two attached hydrogens (primary N) is 2. The normalized spacial score (nSPS) is 18.2. The maximum atomic E-state index is 14.0. The van der Waals surface area contributed by atoms with Crippen LogP contribution in [0.3, 0.4) is 0 Å². The van der Waals surface area contributed by atoms with Crippen molar-refractivity contribution in [1.82, 2.24) is 14.8 Å². The number of carbonyl (C=O) groups is 5. The number of amides is 3. The number of esters is 1. The van der Waals surface area contributed by atoms with Crippen LogP contribution in [0.5, 0.6) is 0 Å². The van der Waals surface area contributed by atoms with Crippen LogP contribution in [0, 0.1) is 0 Å². The summed E-state index contributed by atoms with van der Waals surface area (Å²) in [6.45, 7) is 2.18. The molecule has 15 heteroatoms. The zero-order chi connectivity index (χ0) is 34.7. The standard InChI is InChI=1S/C33H34N6O8S/c1-17(34)28(41)36-23-11-8-19(9-12-23)24-13-10-21(29(42)37-24)14-38(30(43)25(35)20-6-4-3-5-7-20)27-31(44)39-26(33(45)46)22(15-47-18(2)40)16-48-32(27)39/h3-13,17,25,27,32H,14-16,34-35H2,1-2H3,(H,36,41)(H,37,42)(H,45,46)/t17-,25?,27?,32+/m1/s1. The first-order valence-corrected chi connectivity index (χ1v) is 16.0. The average molecular weight is 675 g/mol. The van der Waals surface area contributed by atoms with Crippen molar-refractivity contribution >= 4 is 47.1 Å². The molecule has 0 bridgehead atoms. The number of carbonyl (C=O) groups excluding carboxylic acids is 4. The summed E-state index contributed by atoms with van der Waals surface area (Å²) in [5, 5.41) is 11.9. The van der Waals surface area contributed by atoms with E-state index in [1.54, 1.807) is 73.7 Å². The summed E-state index contributed by atoms with van der Waals surface area (Å²) in [4.78, 5) is 81.7. The highest BCUT2D eigenvalue weighted by molar-refractivity contribution is 8.00. The minimum atomic E-state index is -1.37. The van der Waals surface area contributed by atoms with E-state index in [1.807, 2.05) is 0 Å². The number of carboxylic acids is 1. The molecular weight excluding hydrogens is 640 g/mol. The molecule has 3 amide bonds. The monoisotopic (exact) mass is 674 g/mol. The van der Waals surface area contributed by atoms with E-state index in [9.17, 15) is 33.9 Å². The number of aromatic amines is 1. The molecule has 3 aromatic rings. The molecule has 1 aromatic heterocycles. The van der Waals surface area contributed by atoms with Crippen molar-refractivity contribution in [2.75, 3.05) is 17.7 Å². The summed E-state index contributed by atoms with van der Waals surface area (Å²) < 4.78 is 5.01. The van der Waals surface area contributed by atoms with Crippen LogP contribution in [0.2, 0.25) is 0 Å². The number of nitrogens with zero attached hydrogens (tertiary/aromatic N) is 2. The Balaban J connectivity index is 1.43. The number of anilines is 1. The number of fused-ring (bicyclic) bond motifs is 1. The number of H-pyrrole nitrogens is 1. The molecule has 0 aliphatic carbocycles. The van der Waals surface area contributed by atoms with Crippen molar-refractivity contribution in [3.63, 3.8) is 0 Å². The maximum absolute atomic E-state index is 14.0. The van der Waals surface area contributed by atoms with Crippen LogP contribution >= 0.6 is 11.8 Å². The largest absolute Gasteiger partial charge is 0.477 e. The third-order valence-electron chi connectivity index (χ3n) is 7.92. The number of pyridine rings is 1. The number of ether oxygens (including phenoxy) is 1. The molecule has 2 aromatic carbocycles. The van der Waals surface area contributed by atoms with Crippen molar-refractivity contribution in [2.45, 2.75) is 43.9 Å². The number of rotatable bonds is 11. The van der Waals surface area contributed by atoms with E-state index in [2.05, 4.69) is 10.3 Å². The summed E-state index contributed by atoms with van der Waals surface area (Å²) in [7, 11) is 0. The SMILES string of the molecule is CC(=O)OCC1=C(C(=O)O)N2C(=O)C(N(Cc3ccc(-c4ccc(NC(=O)[C@@H](C)N)cc4)[nH]c3=O)C(=O)C(N)c3ccccc3)[C@@H]2SC1. The smallest absolute Gasteiger partial charge is 0.352 e. The van der Waals surface area contributed by atoms with Crippen LogP contribution in [0.1, 0.15) is 31.0 Å². The lowest BCUT2D eigenvalue weighted by atomic mass is 9.98. The number of aliphatic carboxylic acids is 1. The molecule has 5 rings (SSSR count). The Bertz CT molecular complexity index is 1840. The Morgan fingerprint density at radius 1 is 1.06 bits per heavy atom. The van der Waals surface area contributed by atoms with Gasteiger partial charge in [-0.05, 0) is 42.3 Å². The number of aromatic nitrogens is 1. The van der Waals surface area contributed by atoms with Crippen molar-refractivity contribution < 1.29 is 33.8 Å². The molecule has 14 nitrogen and oxygen atoms in total. The zero-order valence-corrected chi connectivity index (χ0v) is 26.9. The van der Waals surface area contributed by atoms with E-state index in [1.165, 1.54) is 23.6 Å². The zero-order valence-electron chi connectivity index (χ0n) is 26.0. The molecule has 0 spiro atoms. The van der Waals surface area contributed by atoms with Crippen molar-refractivity contribution in [1.29, 1.82) is 0 Å². The third kappa shape index (κ3) is 7.02. The predicted molar refractivity (Wildman–Crippen MR) is 177 cm³/mol. The van der Waals surface area contributed by atoms with Gasteiger partial charge < -0.3 is 36.5 Å². The molecule has 1 saturated heterocycles. The Hall–Kier alpha value is -5.25. The lowest BCUT2D eigenvalue weighted by Crippen LogP contribution is -2.71. The number of hydrogen-bond donors (Lipinski definition) is 5. The van der Waals surface area contributed by atoms with Crippen LogP contribution < -0.4 is 22.3 Å². The fourth-order valence-corrected chi connectivity index (χ4v) is 6.78. The lowest BCUT2D eigenvalue weighted by Gasteiger charge is -2.53. The van der Waals surface area contributed by atoms with Gasteiger partial charge in [-0.15, -0.1) is 11.8 Å². The highest BCUT2D eigenvalue weighted by atomic mass is 32.2. The maximum Gasteiger partial charge on any atom is 0.352 e. The Morgan fingerprint density at radius 2 is 1.75 bits per heavy atom. The molecule has 1 fully saturated rings. The van der Waals surface area contributed by atoms with E-state index in [0.717, 1.165) is 4.90 Å². The second-order valence-corrected chi connectivity index (χ2v) is 12.4. The van der Waals surface area contributed by atoms with E-state index in [-0.39, 0.29) is 41.6 Å². The van der Waals surface area contributed by atoms with Gasteiger partial charge in [0.25, 0.3) is 11.5 Å². The highest BCUT2D eigenvalue weighted by Gasteiger charge is 2.57. The van der Waals surface area contributed by atoms with Crippen LogP contribution in [0.15, 0.2) is 82.8 Å². The number of thioether (sulfide) groups is 1. The van der Waals surface area contributed by atoms with Crippen LogP contribution in [0.4, 0.5) is 5.69 Å². The van der Waals surface area contributed by atoms with E-state index in [4.69, 9.17) is 16.2 Å². The van der Waals surface area contributed by atoms with Gasteiger partial charge in [0, 0.05) is 35.2 Å². The molecule has 48 heavy (non-hydrogen) atoms. The number of carboxylic acid groups (broad SMARTS) is 1. The molecule has 4 atom stereocenters. The Kier molecular flexibility index (Phi) is 10.1. The minimum Gasteiger partial charge on any atom is -0.477 e. The first-order valence-electron chi connectivity index (χ1n) is 14.9. The van der Waals surface area contributed by atoms with Gasteiger partial charge in [0.2, 0.25) is 11.8 Å². The minimum absolute atomic E-state index is 0.135. The van der Waals surface area contributed by atoms with Gasteiger partial charge >= 0.3 is 11.9 Å². The van der Waals surface area contributed by atoms with Gasteiger partial charge in [0.05, 0.1) is 12.6 Å². The second-order valence-electron chi connectivity index (χ2n) is 11.3. The van der Waals surface area contributed by atoms with E-state index >= 15 is 0 Å². The molecule has 7 N–H and O–H groups in total. The quantitative estimate of drug-likeness (QED) is 0.145. The summed E-state index contributed by atoms with van der Waals surface area (Å²) in [6, 6.07) is 15.5. The van der Waals surface area contributed by atoms with E-state index in [0.29, 0.717) is 22.5 Å². The van der Waals surface area contributed by atoms with Crippen molar-refractivity contribution in [2.24, 2.45) is 11.5 Å². The molecule has 2 aliphatic rings. The molecule has 0 saturated carbocycles. The summed E-state index contributed by atoms with van der Waals surface area (Å²) in [6.07, 6.45) is 0. The Labute approximate surface area is 279 Å². The van der Waals surface area contributed by atoms with Crippen molar-refractivity contribution in [3.8, 4) is 11.3 Å². The van der Waals surface area contributed by atoms with Gasteiger partial charge in [0.1, 0.15) is 29.8 Å². The van der Waals surface area contributed by atoms with Gasteiger partial charge in [-0.25, -0.2) is 4.79 Å². The molecule has 0 radical (unpaired) electrons. The van der Waals surface area contributed by atoms with Crippen LogP contribution in [-0.2, 0) is 35.3 Å². The van der Waals surface area contributed by atoms with Crippen molar-refractivity contribution in [3.05, 3.63) is 99.5 Å². The Morgan fingerprint density at radius 3 is 2.35 bits per heavy atom. The fraction of sp³-hybridized carbons (Fsp3) is 0.273. The lowest BCUT2D eigenvalue weighted by molar-refractivity contribution is -0.161. The number of benzene rings is 2. The molecule has 2 aliphatic heterocycles. The summed E-state index contributed by atoms with van der Waals surface area (Å²) in [5.74, 6) is -3.47. The first-order chi connectivity index (χ1) is 22.9. The van der Waals surface area contributed by atoms with Gasteiger partial charge in [-0.1, -0.05) is 42.5 Å². The number of nitrogens with one attached hydrogen (secondary N) is 2. The number of hydrogen-bond acceptors (Lipinski definition) is 10. The third-order valence-corrected chi connectivity index (χ3v) is 9.25. The molecule has 3 heterocycles. The highest BCUT2D eigenvalue weighted by Crippen LogP contribution is 2.43. The van der Waals surface area contributed by atoms with Gasteiger partial charge in [-0.2, -0.15) is 0 Å². The first kappa shape index (κ1) is 34.1. The molecular formula is C33H34N6O8S. The van der Waals surface area contributed by atoms with Crippen LogP contribution in [0.25, 0.3) is 11.3 Å². The second kappa shape index (κ2) is 14.3. The van der Waals surface area contributed by atoms with E-state index < -0.39 is 52.8 Å². The number of β-lactam (4-membered cyclic amide) rings is 1. The van der Waals surface area contributed by atoms with Crippen LogP contribution in [-0.4, -0.2) is 79.4 Å². The predicted octanol–water partition coefficient (Wildman–Crippen LogP) is 1.54. The topological polar surface area (TPSA) is 218 Å². The van der Waals surface area contributed by atoms with Gasteiger partial charge in [0.15, 0.2) is 0 Å². The average Bonchev–Trinajstić information content (AvgIpc) is 3.07. The summed E-state index contributed by atoms with van der Waals surface area (Å²) in [5.41, 5.74) is 13.8. The van der Waals surface area contributed by atoms with Gasteiger partial charge in [-0.3, -0.25) is 28.9 Å².